The second-order valence-electron chi connectivity index (χ2n) is 11.9. The standard InChI is InChI=1S/C39H41F3N2O7/c1-3-4-5-6-7-22-50-31-18-20-33(21-19-31)51-32-15-8-27(9-16-32)25-44(26-37(46)47)38(48)28-10-13-30(14-11-28)43-36(45)23-29-12-17-34(49-2)24-35(29)39(40,41)42/h8-21,24H,3-7,22-23,25-26H2,1-2H3,(H,43,45)(H,46,47). The van der Waals surface area contributed by atoms with Crippen LogP contribution in [0.25, 0.3) is 0 Å². The number of halogens is 3. The molecule has 9 nitrogen and oxygen atoms in total. The van der Waals surface area contributed by atoms with Gasteiger partial charge in [0.25, 0.3) is 5.91 Å². The number of carbonyl (C=O) groups is 3. The lowest BCUT2D eigenvalue weighted by molar-refractivity contribution is -0.139. The van der Waals surface area contributed by atoms with Gasteiger partial charge in [-0.05, 0) is 90.3 Å². The minimum Gasteiger partial charge on any atom is -0.497 e. The summed E-state index contributed by atoms with van der Waals surface area (Å²) in [4.78, 5) is 38.7. The molecule has 0 heterocycles. The molecule has 2 N–H and O–H groups in total. The average molecular weight is 707 g/mol. The van der Waals surface area contributed by atoms with Gasteiger partial charge >= 0.3 is 12.1 Å². The van der Waals surface area contributed by atoms with Crippen molar-refractivity contribution in [3.63, 3.8) is 0 Å². The summed E-state index contributed by atoms with van der Waals surface area (Å²) in [5.74, 6) is -0.505. The molecule has 4 rings (SSSR count). The molecule has 0 saturated heterocycles. The minimum atomic E-state index is -4.68. The molecular formula is C39H41F3N2O7. The summed E-state index contributed by atoms with van der Waals surface area (Å²) in [5.41, 5.74) is -0.121. The Balaban J connectivity index is 1.32. The lowest BCUT2D eigenvalue weighted by Crippen LogP contribution is -2.35. The molecule has 270 valence electrons. The summed E-state index contributed by atoms with van der Waals surface area (Å²) in [6.45, 7) is 2.29. The Hall–Kier alpha value is -5.52. The highest BCUT2D eigenvalue weighted by Crippen LogP contribution is 2.35. The highest BCUT2D eigenvalue weighted by Gasteiger charge is 2.34. The molecule has 0 unspecified atom stereocenters. The van der Waals surface area contributed by atoms with Gasteiger partial charge in [-0.15, -0.1) is 0 Å². The maximum atomic E-state index is 13.5. The van der Waals surface area contributed by atoms with Crippen LogP contribution in [-0.2, 0) is 28.7 Å². The molecule has 0 spiro atoms. The van der Waals surface area contributed by atoms with Crippen molar-refractivity contribution < 1.29 is 46.9 Å². The zero-order chi connectivity index (χ0) is 36.8. The van der Waals surface area contributed by atoms with E-state index in [0.29, 0.717) is 23.7 Å². The van der Waals surface area contributed by atoms with Gasteiger partial charge in [-0.1, -0.05) is 50.8 Å². The lowest BCUT2D eigenvalue weighted by Gasteiger charge is -2.21. The average Bonchev–Trinajstić information content (AvgIpc) is 3.10. The molecule has 0 aliphatic carbocycles. The number of unbranched alkanes of at least 4 members (excludes halogenated alkanes) is 4. The van der Waals surface area contributed by atoms with Crippen molar-refractivity contribution in [1.29, 1.82) is 0 Å². The molecule has 0 aliphatic rings. The molecule has 0 aromatic heterocycles. The Morgan fingerprint density at radius 3 is 2.00 bits per heavy atom. The fourth-order valence-corrected chi connectivity index (χ4v) is 5.24. The Morgan fingerprint density at radius 1 is 0.784 bits per heavy atom. The number of hydrogen-bond donors (Lipinski definition) is 2. The van der Waals surface area contributed by atoms with E-state index in [2.05, 4.69) is 12.2 Å². The molecule has 12 heteroatoms. The van der Waals surface area contributed by atoms with E-state index < -0.39 is 42.5 Å². The second kappa shape index (κ2) is 18.5. The smallest absolute Gasteiger partial charge is 0.416 e. The van der Waals surface area contributed by atoms with Gasteiger partial charge < -0.3 is 29.5 Å². The highest BCUT2D eigenvalue weighted by atomic mass is 19.4. The summed E-state index contributed by atoms with van der Waals surface area (Å²) < 4.78 is 57.2. The summed E-state index contributed by atoms with van der Waals surface area (Å²) >= 11 is 0. The van der Waals surface area contributed by atoms with E-state index in [-0.39, 0.29) is 29.1 Å². The molecule has 2 amide bonds. The minimum absolute atomic E-state index is 0.00220. The number of nitrogens with zero attached hydrogens (tertiary/aromatic N) is 1. The van der Waals surface area contributed by atoms with Gasteiger partial charge in [0.15, 0.2) is 0 Å². The first-order valence-corrected chi connectivity index (χ1v) is 16.6. The number of rotatable bonds is 18. The maximum Gasteiger partial charge on any atom is 0.416 e. The summed E-state index contributed by atoms with van der Waals surface area (Å²) in [6, 6.07) is 23.3. The van der Waals surface area contributed by atoms with E-state index >= 15 is 0 Å². The highest BCUT2D eigenvalue weighted by molar-refractivity contribution is 5.97. The van der Waals surface area contributed by atoms with E-state index in [4.69, 9.17) is 14.2 Å². The number of alkyl halides is 3. The van der Waals surface area contributed by atoms with Crippen LogP contribution in [0.1, 0.15) is 66.1 Å². The van der Waals surface area contributed by atoms with Gasteiger partial charge in [0.1, 0.15) is 29.5 Å². The van der Waals surface area contributed by atoms with Crippen LogP contribution in [-0.4, -0.2) is 48.1 Å². The number of amides is 2. The molecule has 0 fully saturated rings. The van der Waals surface area contributed by atoms with Crippen molar-refractivity contribution in [2.75, 3.05) is 25.6 Å². The first-order chi connectivity index (χ1) is 24.4. The molecule has 0 saturated carbocycles. The Labute approximate surface area is 295 Å². The van der Waals surface area contributed by atoms with Gasteiger partial charge in [-0.2, -0.15) is 13.2 Å². The third kappa shape index (κ3) is 12.1. The number of anilines is 1. The molecule has 51 heavy (non-hydrogen) atoms. The predicted octanol–water partition coefficient (Wildman–Crippen LogP) is 8.76. The largest absolute Gasteiger partial charge is 0.497 e. The molecular weight excluding hydrogens is 665 g/mol. The van der Waals surface area contributed by atoms with Crippen LogP contribution in [0, 0.1) is 0 Å². The number of nitrogens with one attached hydrogen (secondary N) is 1. The van der Waals surface area contributed by atoms with E-state index in [1.165, 1.54) is 62.8 Å². The third-order valence-corrected chi connectivity index (χ3v) is 7.88. The zero-order valence-electron chi connectivity index (χ0n) is 28.5. The first kappa shape index (κ1) is 38.3. The number of methoxy groups -OCH3 is 1. The van der Waals surface area contributed by atoms with E-state index in [0.717, 1.165) is 29.6 Å². The number of ether oxygens (including phenoxy) is 3. The van der Waals surface area contributed by atoms with E-state index in [9.17, 15) is 32.7 Å². The fraction of sp³-hybridized carbons (Fsp3) is 0.308. The van der Waals surface area contributed by atoms with Gasteiger partial charge in [0.2, 0.25) is 5.91 Å². The number of aliphatic carboxylic acids is 1. The first-order valence-electron chi connectivity index (χ1n) is 16.6. The normalized spacial score (nSPS) is 11.1. The van der Waals surface area contributed by atoms with Crippen molar-refractivity contribution in [2.45, 2.75) is 58.2 Å². The van der Waals surface area contributed by atoms with Crippen LogP contribution >= 0.6 is 0 Å². The van der Waals surface area contributed by atoms with E-state index in [1.807, 2.05) is 24.3 Å². The van der Waals surface area contributed by atoms with Crippen LogP contribution in [0.5, 0.6) is 23.0 Å². The maximum absolute atomic E-state index is 13.5. The van der Waals surface area contributed by atoms with Crippen LogP contribution in [0.2, 0.25) is 0 Å². The quantitative estimate of drug-likeness (QED) is 0.0995. The molecule has 0 radical (unpaired) electrons. The number of hydrogen-bond acceptors (Lipinski definition) is 6. The second-order valence-corrected chi connectivity index (χ2v) is 11.9. The summed E-state index contributed by atoms with van der Waals surface area (Å²) in [5, 5.41) is 12.0. The van der Waals surface area contributed by atoms with Gasteiger partial charge in [-0.3, -0.25) is 14.4 Å². The van der Waals surface area contributed by atoms with Crippen molar-refractivity contribution in [2.24, 2.45) is 0 Å². The van der Waals surface area contributed by atoms with Gasteiger partial charge in [0, 0.05) is 17.8 Å². The van der Waals surface area contributed by atoms with Crippen LogP contribution < -0.4 is 19.5 Å². The van der Waals surface area contributed by atoms with Crippen LogP contribution in [0.15, 0.2) is 91.0 Å². The van der Waals surface area contributed by atoms with Gasteiger partial charge in [0.05, 0.1) is 25.7 Å². The van der Waals surface area contributed by atoms with Crippen molar-refractivity contribution in [3.05, 3.63) is 113 Å². The molecule has 0 atom stereocenters. The topological polar surface area (TPSA) is 114 Å². The molecule has 0 bridgehead atoms. The third-order valence-electron chi connectivity index (χ3n) is 7.88. The number of carboxylic acid groups (broad SMARTS) is 1. The number of benzene rings is 4. The summed E-state index contributed by atoms with van der Waals surface area (Å²) in [6.07, 6.45) is 0.591. The predicted molar refractivity (Wildman–Crippen MR) is 186 cm³/mol. The number of carboxylic acids is 1. The molecule has 0 aliphatic heterocycles. The Morgan fingerprint density at radius 2 is 1.39 bits per heavy atom. The van der Waals surface area contributed by atoms with Gasteiger partial charge in [-0.25, -0.2) is 0 Å². The van der Waals surface area contributed by atoms with E-state index in [1.54, 1.807) is 24.3 Å². The number of carbonyl (C=O) groups excluding carboxylic acids is 2. The van der Waals surface area contributed by atoms with Crippen molar-refractivity contribution in [1.82, 2.24) is 4.90 Å². The SMILES string of the molecule is CCCCCCCOc1ccc(Oc2ccc(CN(CC(=O)O)C(=O)c3ccc(NC(=O)Cc4ccc(OC)cc4C(F)(F)F)cc3)cc2)cc1. The van der Waals surface area contributed by atoms with Crippen molar-refractivity contribution in [3.8, 4) is 23.0 Å². The Bertz CT molecular complexity index is 1740. The van der Waals surface area contributed by atoms with Crippen LogP contribution in [0.4, 0.5) is 18.9 Å². The fourth-order valence-electron chi connectivity index (χ4n) is 5.24. The monoisotopic (exact) mass is 706 g/mol. The van der Waals surface area contributed by atoms with Crippen molar-refractivity contribution >= 4 is 23.5 Å². The lowest BCUT2D eigenvalue weighted by atomic mass is 10.0. The summed E-state index contributed by atoms with van der Waals surface area (Å²) in [7, 11) is 1.25. The molecule has 4 aromatic carbocycles. The Kier molecular flexibility index (Phi) is 13.9. The zero-order valence-corrected chi connectivity index (χ0v) is 28.5. The molecule has 4 aromatic rings. The van der Waals surface area contributed by atoms with Crippen LogP contribution in [0.3, 0.4) is 0 Å².